The van der Waals surface area contributed by atoms with E-state index in [-0.39, 0.29) is 0 Å². The van der Waals surface area contributed by atoms with Crippen molar-refractivity contribution in [2.75, 3.05) is 0 Å². The van der Waals surface area contributed by atoms with Gasteiger partial charge in [0.05, 0.1) is 0 Å². The topological polar surface area (TPSA) is 33.6 Å². The fourth-order valence-corrected chi connectivity index (χ4v) is 2.40. The maximum absolute atomic E-state index is 5.14. The lowest BCUT2D eigenvalue weighted by Gasteiger charge is -2.17. The molecule has 2 rings (SSSR count). The molecule has 3 nitrogen and oxygen atoms in total. The average molecular weight is 197 g/mol. The van der Waals surface area contributed by atoms with Gasteiger partial charge in [0, 0.05) is 6.04 Å². The Morgan fingerprint density at radius 1 is 1.69 bits per heavy atom. The molecule has 1 unspecified atom stereocenters. The van der Waals surface area contributed by atoms with E-state index in [1.54, 1.807) is 0 Å². The van der Waals surface area contributed by atoms with E-state index in [1.165, 1.54) is 19.3 Å². The van der Waals surface area contributed by atoms with Crippen LogP contribution in [0, 0.1) is 10.2 Å². The second-order valence-corrected chi connectivity index (χ2v) is 5.02. The van der Waals surface area contributed by atoms with Crippen LogP contribution in [0.25, 0.3) is 0 Å². The molecule has 0 aliphatic heterocycles. The molecule has 0 aromatic carbocycles. The molecule has 4 heteroatoms. The van der Waals surface area contributed by atoms with Gasteiger partial charge < -0.3 is 4.57 Å². The van der Waals surface area contributed by atoms with E-state index in [0.29, 0.717) is 11.5 Å². The molecular formula is C9H15N3S. The first kappa shape index (κ1) is 8.94. The summed E-state index contributed by atoms with van der Waals surface area (Å²) in [5.41, 5.74) is 0.469. The maximum Gasteiger partial charge on any atom is 0.195 e. The lowest BCUT2D eigenvalue weighted by atomic mass is 9.92. The molecule has 72 valence electrons. The molecule has 0 spiro atoms. The van der Waals surface area contributed by atoms with Gasteiger partial charge in [0.1, 0.15) is 6.33 Å². The van der Waals surface area contributed by atoms with E-state index in [1.807, 2.05) is 6.33 Å². The lowest BCUT2D eigenvalue weighted by Crippen LogP contribution is -2.08. The molecule has 1 saturated carbocycles. The van der Waals surface area contributed by atoms with Gasteiger partial charge in [-0.2, -0.15) is 5.10 Å². The van der Waals surface area contributed by atoms with Gasteiger partial charge in [-0.05, 0) is 36.9 Å². The number of aromatic amines is 1. The van der Waals surface area contributed by atoms with Crippen molar-refractivity contribution in [2.24, 2.45) is 5.41 Å². The predicted octanol–water partition coefficient (Wildman–Crippen LogP) is 2.69. The fourth-order valence-electron chi connectivity index (χ4n) is 2.15. The Bertz CT molecular complexity index is 350. The minimum Gasteiger partial charge on any atom is -0.304 e. The van der Waals surface area contributed by atoms with Gasteiger partial charge in [0.25, 0.3) is 0 Å². The second-order valence-electron chi connectivity index (χ2n) is 4.63. The van der Waals surface area contributed by atoms with Gasteiger partial charge in [0.2, 0.25) is 0 Å². The van der Waals surface area contributed by atoms with Crippen LogP contribution in [-0.4, -0.2) is 14.8 Å². The van der Waals surface area contributed by atoms with Crippen molar-refractivity contribution in [3.63, 3.8) is 0 Å². The van der Waals surface area contributed by atoms with Crippen LogP contribution in [0.2, 0.25) is 0 Å². The molecule has 1 atom stereocenters. The average Bonchev–Trinajstić information content (AvgIpc) is 2.56. The van der Waals surface area contributed by atoms with Crippen LogP contribution < -0.4 is 0 Å². The summed E-state index contributed by atoms with van der Waals surface area (Å²) in [6.45, 7) is 4.63. The third-order valence-electron chi connectivity index (χ3n) is 2.91. The van der Waals surface area contributed by atoms with E-state index < -0.39 is 0 Å². The Morgan fingerprint density at radius 2 is 2.46 bits per heavy atom. The van der Waals surface area contributed by atoms with Crippen LogP contribution in [0.4, 0.5) is 0 Å². The van der Waals surface area contributed by atoms with Gasteiger partial charge >= 0.3 is 0 Å². The SMILES string of the molecule is CC1(C)CCC(n2cn[nH]c2=S)C1. The van der Waals surface area contributed by atoms with Crippen molar-refractivity contribution in [3.05, 3.63) is 11.1 Å². The number of rotatable bonds is 1. The highest BCUT2D eigenvalue weighted by atomic mass is 32.1. The van der Waals surface area contributed by atoms with E-state index >= 15 is 0 Å². The normalized spacial score (nSPS) is 26.5. The fraction of sp³-hybridized carbons (Fsp3) is 0.778. The third-order valence-corrected chi connectivity index (χ3v) is 3.21. The van der Waals surface area contributed by atoms with E-state index in [2.05, 4.69) is 28.6 Å². The predicted molar refractivity (Wildman–Crippen MR) is 54.1 cm³/mol. The van der Waals surface area contributed by atoms with E-state index in [0.717, 1.165) is 4.77 Å². The summed E-state index contributed by atoms with van der Waals surface area (Å²) >= 11 is 5.14. The first-order valence-electron chi connectivity index (χ1n) is 4.70. The van der Waals surface area contributed by atoms with Crippen molar-refractivity contribution in [1.82, 2.24) is 14.8 Å². The summed E-state index contributed by atoms with van der Waals surface area (Å²) in [7, 11) is 0. The Balaban J connectivity index is 2.22. The van der Waals surface area contributed by atoms with Crippen LogP contribution in [-0.2, 0) is 0 Å². The van der Waals surface area contributed by atoms with Gasteiger partial charge in [-0.1, -0.05) is 13.8 Å². The molecule has 1 heterocycles. The molecule has 1 N–H and O–H groups in total. The number of hydrogen-bond acceptors (Lipinski definition) is 2. The summed E-state index contributed by atoms with van der Waals surface area (Å²) < 4.78 is 2.84. The maximum atomic E-state index is 5.14. The largest absolute Gasteiger partial charge is 0.304 e. The highest BCUT2D eigenvalue weighted by Gasteiger charge is 2.31. The standard InChI is InChI=1S/C9H15N3S/c1-9(2)4-3-7(5-9)12-6-10-11-8(12)13/h6-7H,3-5H2,1-2H3,(H,11,13). The molecule has 13 heavy (non-hydrogen) atoms. The first-order chi connectivity index (χ1) is 6.08. The monoisotopic (exact) mass is 197 g/mol. The van der Waals surface area contributed by atoms with Crippen molar-refractivity contribution in [1.29, 1.82) is 0 Å². The zero-order valence-electron chi connectivity index (χ0n) is 8.08. The minimum absolute atomic E-state index is 0.469. The first-order valence-corrected chi connectivity index (χ1v) is 5.11. The van der Waals surface area contributed by atoms with Crippen molar-refractivity contribution >= 4 is 12.2 Å². The molecule has 1 aliphatic carbocycles. The molecule has 0 saturated heterocycles. The molecule has 1 aliphatic rings. The summed E-state index contributed by atoms with van der Waals surface area (Å²) in [5.74, 6) is 0. The van der Waals surface area contributed by atoms with Crippen molar-refractivity contribution < 1.29 is 0 Å². The Morgan fingerprint density at radius 3 is 2.92 bits per heavy atom. The van der Waals surface area contributed by atoms with Gasteiger partial charge in [0.15, 0.2) is 4.77 Å². The van der Waals surface area contributed by atoms with Gasteiger partial charge in [-0.15, -0.1) is 0 Å². The van der Waals surface area contributed by atoms with Crippen LogP contribution in [0.15, 0.2) is 6.33 Å². The molecule has 0 amide bonds. The van der Waals surface area contributed by atoms with E-state index in [9.17, 15) is 0 Å². The second kappa shape index (κ2) is 2.94. The molecule has 1 fully saturated rings. The molecule has 0 radical (unpaired) electrons. The van der Waals surface area contributed by atoms with Crippen LogP contribution in [0.5, 0.6) is 0 Å². The molecule has 1 aromatic heterocycles. The zero-order chi connectivity index (χ0) is 9.47. The Hall–Kier alpha value is -0.640. The lowest BCUT2D eigenvalue weighted by molar-refractivity contribution is 0.358. The highest BCUT2D eigenvalue weighted by molar-refractivity contribution is 7.71. The van der Waals surface area contributed by atoms with Crippen LogP contribution in [0.3, 0.4) is 0 Å². The number of aromatic nitrogens is 3. The molecular weight excluding hydrogens is 182 g/mol. The quantitative estimate of drug-likeness (QED) is 0.702. The number of nitrogens with zero attached hydrogens (tertiary/aromatic N) is 2. The van der Waals surface area contributed by atoms with Gasteiger partial charge in [-0.25, -0.2) is 0 Å². The third kappa shape index (κ3) is 1.68. The number of H-pyrrole nitrogens is 1. The summed E-state index contributed by atoms with van der Waals surface area (Å²) in [6.07, 6.45) is 5.53. The van der Waals surface area contributed by atoms with Crippen molar-refractivity contribution in [3.8, 4) is 0 Å². The zero-order valence-corrected chi connectivity index (χ0v) is 8.90. The smallest absolute Gasteiger partial charge is 0.195 e. The summed E-state index contributed by atoms with van der Waals surface area (Å²) in [4.78, 5) is 0. The minimum atomic E-state index is 0.469. The molecule has 0 bridgehead atoms. The van der Waals surface area contributed by atoms with E-state index in [4.69, 9.17) is 12.2 Å². The summed E-state index contributed by atoms with van der Waals surface area (Å²) in [6, 6.07) is 0.557. The summed E-state index contributed by atoms with van der Waals surface area (Å²) in [5, 5.41) is 6.75. The van der Waals surface area contributed by atoms with Crippen molar-refractivity contribution in [2.45, 2.75) is 39.2 Å². The van der Waals surface area contributed by atoms with Crippen LogP contribution >= 0.6 is 12.2 Å². The highest BCUT2D eigenvalue weighted by Crippen LogP contribution is 2.43. The number of nitrogens with one attached hydrogen (secondary N) is 1. The Labute approximate surface area is 83.2 Å². The van der Waals surface area contributed by atoms with Gasteiger partial charge in [-0.3, -0.25) is 5.10 Å². The molecule has 1 aromatic rings. The Kier molecular flexibility index (Phi) is 2.02. The van der Waals surface area contributed by atoms with Crippen LogP contribution in [0.1, 0.15) is 39.2 Å². The number of hydrogen-bond donors (Lipinski definition) is 1.